The molecule has 3 aromatic rings. The lowest BCUT2D eigenvalue weighted by molar-refractivity contribution is 0.190. The first-order valence-corrected chi connectivity index (χ1v) is 12.5. The maximum atomic E-state index is 15.3. The summed E-state index contributed by atoms with van der Waals surface area (Å²) < 4.78 is 25.5. The number of hydrogen-bond donors (Lipinski definition) is 0. The molecule has 2 aliphatic rings. The second kappa shape index (κ2) is 8.33. The Hall–Kier alpha value is -2.49. The molecule has 0 amide bonds. The van der Waals surface area contributed by atoms with Crippen LogP contribution in [-0.4, -0.2) is 31.1 Å². The van der Waals surface area contributed by atoms with Crippen LogP contribution >= 0.6 is 7.44 Å². The van der Waals surface area contributed by atoms with Crippen LogP contribution < -0.4 is 9.34 Å². The number of benzene rings is 2. The second-order valence-corrected chi connectivity index (χ2v) is 10.6. The van der Waals surface area contributed by atoms with Crippen LogP contribution in [0.4, 0.5) is 11.4 Å². The zero-order valence-electron chi connectivity index (χ0n) is 17.1. The highest BCUT2D eigenvalue weighted by atomic mass is 31.2. The molecule has 1 aromatic heterocycles. The van der Waals surface area contributed by atoms with Crippen LogP contribution in [0.2, 0.25) is 0 Å². The van der Waals surface area contributed by atoms with Crippen molar-refractivity contribution in [1.82, 2.24) is 4.90 Å². The summed E-state index contributed by atoms with van der Waals surface area (Å²) >= 11 is 0. The smallest absolute Gasteiger partial charge is 0.287 e. The number of nitrogens with zero attached hydrogens (tertiary/aromatic N) is 3. The van der Waals surface area contributed by atoms with Gasteiger partial charge in [-0.1, -0.05) is 42.8 Å². The van der Waals surface area contributed by atoms with Gasteiger partial charge in [0.15, 0.2) is 5.78 Å². The van der Waals surface area contributed by atoms with Crippen molar-refractivity contribution in [1.29, 1.82) is 0 Å². The van der Waals surface area contributed by atoms with Crippen LogP contribution in [0.3, 0.4) is 0 Å². The van der Waals surface area contributed by atoms with E-state index in [1.54, 1.807) is 6.26 Å². The zero-order valence-corrected chi connectivity index (χ0v) is 18.0. The fourth-order valence-electron chi connectivity index (χ4n) is 4.82. The van der Waals surface area contributed by atoms with E-state index in [0.29, 0.717) is 0 Å². The summed E-state index contributed by atoms with van der Waals surface area (Å²) in [6.07, 6.45) is 5.20. The van der Waals surface area contributed by atoms with E-state index in [4.69, 9.17) is 4.42 Å². The molecule has 0 spiro atoms. The lowest BCUT2D eigenvalue weighted by atomic mass is 10.1. The maximum Gasteiger partial charge on any atom is 0.287 e. The molecule has 5 nitrogen and oxygen atoms in total. The number of para-hydroxylation sites is 2. The molecule has 1 unspecified atom stereocenters. The summed E-state index contributed by atoms with van der Waals surface area (Å²) in [4.78, 5) is 2.39. The first kappa shape index (κ1) is 19.5. The van der Waals surface area contributed by atoms with Gasteiger partial charge in [-0.15, -0.1) is 0 Å². The summed E-state index contributed by atoms with van der Waals surface area (Å²) in [6.45, 7) is 3.34. The van der Waals surface area contributed by atoms with Gasteiger partial charge in [0.2, 0.25) is 0 Å². The highest BCUT2D eigenvalue weighted by Crippen LogP contribution is 2.70. The SMILES string of the molecule is O=P1(C(c2ccco2)N2CCCCC2)N(c2ccccc2)CCN1c1ccccc1. The van der Waals surface area contributed by atoms with Crippen molar-refractivity contribution in [2.45, 2.75) is 25.0 Å². The summed E-state index contributed by atoms with van der Waals surface area (Å²) in [5.41, 5.74) is 2.01. The van der Waals surface area contributed by atoms with Crippen molar-refractivity contribution in [2.75, 3.05) is 35.5 Å². The Morgan fingerprint density at radius 1 is 0.700 bits per heavy atom. The molecule has 1 atom stereocenters. The van der Waals surface area contributed by atoms with Gasteiger partial charge in [0.25, 0.3) is 7.44 Å². The minimum absolute atomic E-state index is 0.296. The van der Waals surface area contributed by atoms with Gasteiger partial charge in [0.05, 0.1) is 6.26 Å². The Morgan fingerprint density at radius 3 is 1.77 bits per heavy atom. The third-order valence-corrected chi connectivity index (χ3v) is 9.64. The molecule has 3 heterocycles. The molecule has 30 heavy (non-hydrogen) atoms. The van der Waals surface area contributed by atoms with Gasteiger partial charge in [-0.25, -0.2) is 0 Å². The minimum Gasteiger partial charge on any atom is -0.467 e. The predicted molar refractivity (Wildman–Crippen MR) is 122 cm³/mol. The Kier molecular flexibility index (Phi) is 5.41. The van der Waals surface area contributed by atoms with Crippen LogP contribution in [0.25, 0.3) is 0 Å². The van der Waals surface area contributed by atoms with E-state index in [1.165, 1.54) is 6.42 Å². The number of rotatable bonds is 5. The van der Waals surface area contributed by atoms with Gasteiger partial charge >= 0.3 is 0 Å². The number of anilines is 2. The van der Waals surface area contributed by atoms with Crippen molar-refractivity contribution in [3.63, 3.8) is 0 Å². The predicted octanol–water partition coefficient (Wildman–Crippen LogP) is 5.98. The zero-order chi connectivity index (χ0) is 20.4. The Bertz CT molecular complexity index is 936. The highest BCUT2D eigenvalue weighted by Gasteiger charge is 2.53. The molecule has 2 aliphatic heterocycles. The molecule has 0 N–H and O–H groups in total. The van der Waals surface area contributed by atoms with Gasteiger partial charge in [0, 0.05) is 24.5 Å². The molecular formula is C24H28N3O2P. The molecule has 0 bridgehead atoms. The average Bonchev–Trinajstić information content (AvgIpc) is 3.44. The summed E-state index contributed by atoms with van der Waals surface area (Å²) in [5, 5.41) is 0. The average molecular weight is 421 g/mol. The highest BCUT2D eigenvalue weighted by molar-refractivity contribution is 7.67. The Labute approximate surface area is 178 Å². The Morgan fingerprint density at radius 2 is 1.27 bits per heavy atom. The summed E-state index contributed by atoms with van der Waals surface area (Å²) in [6, 6.07) is 24.3. The van der Waals surface area contributed by atoms with Crippen molar-refractivity contribution < 1.29 is 8.98 Å². The molecule has 0 radical (unpaired) electrons. The van der Waals surface area contributed by atoms with Crippen molar-refractivity contribution >= 4 is 18.8 Å². The van der Waals surface area contributed by atoms with Crippen LogP contribution in [0.15, 0.2) is 83.5 Å². The van der Waals surface area contributed by atoms with Gasteiger partial charge in [0.1, 0.15) is 5.76 Å². The third kappa shape index (κ3) is 3.36. The standard InChI is InChI=1S/C24H28N3O2P/c28-30(24(23-15-10-20-29-23)25-16-8-3-9-17-25)26(21-11-4-1-5-12-21)18-19-27(30)22-13-6-2-7-14-22/h1-2,4-7,10-15,20,24H,3,8-9,16-19H2. The van der Waals surface area contributed by atoms with E-state index in [9.17, 15) is 0 Å². The molecule has 2 fully saturated rings. The van der Waals surface area contributed by atoms with Gasteiger partial charge < -0.3 is 13.8 Å². The van der Waals surface area contributed by atoms with E-state index in [2.05, 4.69) is 38.5 Å². The molecule has 0 aliphatic carbocycles. The largest absolute Gasteiger partial charge is 0.467 e. The molecule has 2 saturated heterocycles. The quantitative estimate of drug-likeness (QED) is 0.474. The van der Waals surface area contributed by atoms with E-state index in [-0.39, 0.29) is 5.78 Å². The first-order valence-electron chi connectivity index (χ1n) is 10.8. The molecule has 6 heteroatoms. The summed E-state index contributed by atoms with van der Waals surface area (Å²) in [7, 11) is -3.10. The molecular weight excluding hydrogens is 393 g/mol. The van der Waals surface area contributed by atoms with Crippen LogP contribution in [-0.2, 0) is 4.57 Å². The minimum atomic E-state index is -3.10. The van der Waals surface area contributed by atoms with Gasteiger partial charge in [-0.05, 0) is 62.3 Å². The normalized spacial score (nSPS) is 20.4. The van der Waals surface area contributed by atoms with Crippen LogP contribution in [0, 0.1) is 0 Å². The molecule has 2 aromatic carbocycles. The second-order valence-electron chi connectivity index (χ2n) is 7.99. The fourth-order valence-corrected chi connectivity index (χ4v) is 8.42. The van der Waals surface area contributed by atoms with Crippen molar-refractivity contribution in [3.8, 4) is 0 Å². The Balaban J connectivity index is 1.66. The number of likely N-dealkylation sites (tertiary alicyclic amines) is 1. The fraction of sp³-hybridized carbons (Fsp3) is 0.333. The van der Waals surface area contributed by atoms with E-state index < -0.39 is 7.44 Å². The van der Waals surface area contributed by atoms with Gasteiger partial charge in [-0.2, -0.15) is 0 Å². The van der Waals surface area contributed by atoms with E-state index in [0.717, 1.165) is 56.2 Å². The number of furan rings is 1. The molecule has 0 saturated carbocycles. The molecule has 156 valence electrons. The van der Waals surface area contributed by atoms with Crippen molar-refractivity contribution in [3.05, 3.63) is 84.8 Å². The van der Waals surface area contributed by atoms with Crippen LogP contribution in [0.5, 0.6) is 0 Å². The maximum absolute atomic E-state index is 15.3. The lowest BCUT2D eigenvalue weighted by Crippen LogP contribution is -2.38. The van der Waals surface area contributed by atoms with Crippen LogP contribution in [0.1, 0.15) is 30.8 Å². The first-order chi connectivity index (χ1) is 14.8. The van der Waals surface area contributed by atoms with E-state index >= 15 is 4.57 Å². The van der Waals surface area contributed by atoms with Crippen molar-refractivity contribution in [2.24, 2.45) is 0 Å². The number of piperidine rings is 1. The number of hydrogen-bond acceptors (Lipinski definition) is 3. The third-order valence-electron chi connectivity index (χ3n) is 6.18. The lowest BCUT2D eigenvalue weighted by Gasteiger charge is -2.43. The monoisotopic (exact) mass is 421 g/mol. The summed E-state index contributed by atoms with van der Waals surface area (Å²) in [5.74, 6) is 0.500. The molecule has 5 rings (SSSR count). The van der Waals surface area contributed by atoms with Gasteiger partial charge in [-0.3, -0.25) is 9.46 Å². The topological polar surface area (TPSA) is 39.9 Å². The van der Waals surface area contributed by atoms with E-state index in [1.807, 2.05) is 48.5 Å².